The molecule has 0 radical (unpaired) electrons. The molecule has 1 aromatic carbocycles. The molecule has 1 fully saturated rings. The highest BCUT2D eigenvalue weighted by molar-refractivity contribution is 7.89. The van der Waals surface area contributed by atoms with E-state index < -0.39 is 10.0 Å². The third kappa shape index (κ3) is 3.53. The lowest BCUT2D eigenvalue weighted by molar-refractivity contribution is 0.0697. The lowest BCUT2D eigenvalue weighted by Gasteiger charge is -2.34. The molecule has 6 rings (SSSR count). The van der Waals surface area contributed by atoms with E-state index in [0.717, 1.165) is 0 Å². The number of carbonyl (C=O) groups is 1. The van der Waals surface area contributed by atoms with Crippen LogP contribution in [0.4, 0.5) is 0 Å². The van der Waals surface area contributed by atoms with Gasteiger partial charge in [0, 0.05) is 38.4 Å². The van der Waals surface area contributed by atoms with Crippen molar-refractivity contribution in [2.75, 3.05) is 33.0 Å². The molecule has 13 nitrogen and oxygen atoms in total. The Morgan fingerprint density at radius 1 is 1.08 bits per heavy atom. The molecule has 4 aromatic rings. The van der Waals surface area contributed by atoms with E-state index >= 15 is 0 Å². The Balaban J connectivity index is 1.18. The fourth-order valence-electron chi connectivity index (χ4n) is 4.35. The van der Waals surface area contributed by atoms with E-state index in [-0.39, 0.29) is 55.3 Å². The van der Waals surface area contributed by atoms with Gasteiger partial charge in [-0.3, -0.25) is 14.6 Å². The first-order chi connectivity index (χ1) is 17.3. The smallest absolute Gasteiger partial charge is 0.276 e. The molecule has 3 aromatic heterocycles. The number of benzene rings is 1. The minimum atomic E-state index is -3.76. The largest absolute Gasteiger partial charge is 0.454 e. The van der Waals surface area contributed by atoms with E-state index in [4.69, 9.17) is 9.47 Å². The molecule has 2 aliphatic rings. The summed E-state index contributed by atoms with van der Waals surface area (Å²) < 4.78 is 41.0. The van der Waals surface area contributed by atoms with Crippen LogP contribution in [0.2, 0.25) is 0 Å². The number of aromatic amines is 1. The summed E-state index contributed by atoms with van der Waals surface area (Å²) >= 11 is 0. The summed E-state index contributed by atoms with van der Waals surface area (Å²) in [4.78, 5) is 29.9. The molecule has 1 saturated heterocycles. The Labute approximate surface area is 204 Å². The number of sulfonamides is 1. The quantitative estimate of drug-likeness (QED) is 0.414. The average molecular weight is 512 g/mol. The van der Waals surface area contributed by atoms with Gasteiger partial charge >= 0.3 is 0 Å². The number of hydrogen-bond donors (Lipinski definition) is 1. The number of hydrogen-bond acceptors (Lipinski definition) is 8. The van der Waals surface area contributed by atoms with Gasteiger partial charge < -0.3 is 14.4 Å². The van der Waals surface area contributed by atoms with Crippen molar-refractivity contribution in [2.45, 2.75) is 11.8 Å². The first kappa shape index (κ1) is 22.3. The van der Waals surface area contributed by atoms with Crippen molar-refractivity contribution in [3.8, 4) is 17.4 Å². The first-order valence-electron chi connectivity index (χ1n) is 11.1. The van der Waals surface area contributed by atoms with Gasteiger partial charge in [0.15, 0.2) is 11.5 Å². The van der Waals surface area contributed by atoms with E-state index in [2.05, 4.69) is 15.2 Å². The molecule has 1 N–H and O–H groups in total. The number of carbonyl (C=O) groups excluding carboxylic acids is 1. The van der Waals surface area contributed by atoms with E-state index in [1.165, 1.54) is 31.8 Å². The van der Waals surface area contributed by atoms with Crippen LogP contribution in [-0.4, -0.2) is 80.9 Å². The van der Waals surface area contributed by atoms with Crippen molar-refractivity contribution < 1.29 is 22.7 Å². The Hall–Kier alpha value is -4.17. The van der Waals surface area contributed by atoms with E-state index in [9.17, 15) is 18.0 Å². The minimum Gasteiger partial charge on any atom is -0.454 e. The molecule has 0 bridgehead atoms. The fourth-order valence-corrected chi connectivity index (χ4v) is 5.79. The molecule has 14 heteroatoms. The van der Waals surface area contributed by atoms with Crippen LogP contribution in [0.5, 0.6) is 11.5 Å². The number of ether oxygens (including phenoxy) is 2. The van der Waals surface area contributed by atoms with E-state index in [1.54, 1.807) is 36.2 Å². The molecule has 0 aliphatic carbocycles. The third-order valence-electron chi connectivity index (χ3n) is 6.34. The van der Waals surface area contributed by atoms with Crippen molar-refractivity contribution in [3.63, 3.8) is 0 Å². The van der Waals surface area contributed by atoms with Crippen LogP contribution in [-0.2, 0) is 10.0 Å². The molecule has 36 heavy (non-hydrogen) atoms. The van der Waals surface area contributed by atoms with Gasteiger partial charge in [0.25, 0.3) is 11.5 Å². The molecule has 0 unspecified atom stereocenters. The van der Waals surface area contributed by atoms with E-state index in [0.29, 0.717) is 28.3 Å². The molecule has 5 heterocycles. The lowest BCUT2D eigenvalue weighted by atomic mass is 10.2. The zero-order valence-corrected chi connectivity index (χ0v) is 19.9. The van der Waals surface area contributed by atoms with Gasteiger partial charge in [-0.1, -0.05) is 0 Å². The zero-order chi connectivity index (χ0) is 25.0. The van der Waals surface area contributed by atoms with Crippen LogP contribution in [0.25, 0.3) is 11.5 Å². The van der Waals surface area contributed by atoms with Crippen LogP contribution in [0.1, 0.15) is 16.1 Å². The van der Waals surface area contributed by atoms with Crippen molar-refractivity contribution >= 4 is 21.4 Å². The highest BCUT2D eigenvalue weighted by Gasteiger charge is 2.32. The van der Waals surface area contributed by atoms with Gasteiger partial charge in [-0.2, -0.15) is 9.40 Å². The van der Waals surface area contributed by atoms with Gasteiger partial charge in [0.05, 0.1) is 22.3 Å². The number of nitrogens with zero attached hydrogens (tertiary/aromatic N) is 6. The van der Waals surface area contributed by atoms with Crippen molar-refractivity contribution in [1.82, 2.24) is 33.6 Å². The summed E-state index contributed by atoms with van der Waals surface area (Å²) in [5, 5.41) is 8.60. The monoisotopic (exact) mass is 511 g/mol. The standard InChI is InChI=1S/C22H21N7O6S/c1-14-16(12-23-29(14)22-24-20(30)17-3-2-6-28(17)25-22)21(31)26-7-9-27(10-8-26)36(32,33)15-4-5-18-19(11-15)35-13-34-18/h2-6,11-12H,7-10,13H2,1H3,(H,24,25,30). The molecular weight excluding hydrogens is 490 g/mol. The van der Waals surface area contributed by atoms with Crippen LogP contribution in [0.15, 0.2) is 52.4 Å². The Morgan fingerprint density at radius 2 is 1.86 bits per heavy atom. The number of nitrogens with one attached hydrogen (secondary N) is 1. The Bertz CT molecular complexity index is 1660. The summed E-state index contributed by atoms with van der Waals surface area (Å²) in [7, 11) is -3.76. The van der Waals surface area contributed by atoms with E-state index in [1.807, 2.05) is 0 Å². The number of amides is 1. The summed E-state index contributed by atoms with van der Waals surface area (Å²) in [5.41, 5.74) is 0.920. The minimum absolute atomic E-state index is 0.0583. The summed E-state index contributed by atoms with van der Waals surface area (Å²) in [5.74, 6) is 0.806. The predicted molar refractivity (Wildman–Crippen MR) is 125 cm³/mol. The normalized spacial score (nSPS) is 16.1. The molecule has 2 aliphatic heterocycles. The molecule has 1 amide bonds. The Morgan fingerprint density at radius 3 is 2.67 bits per heavy atom. The first-order valence-corrected chi connectivity index (χ1v) is 12.6. The highest BCUT2D eigenvalue weighted by Crippen LogP contribution is 2.34. The second kappa shape index (κ2) is 8.20. The van der Waals surface area contributed by atoms with Crippen LogP contribution in [0, 0.1) is 6.92 Å². The lowest BCUT2D eigenvalue weighted by Crippen LogP contribution is -2.50. The number of rotatable bonds is 4. The number of H-pyrrole nitrogens is 1. The zero-order valence-electron chi connectivity index (χ0n) is 19.1. The predicted octanol–water partition coefficient (Wildman–Crippen LogP) is 0.392. The molecule has 0 spiro atoms. The molecule has 0 saturated carbocycles. The van der Waals surface area contributed by atoms with Crippen LogP contribution in [0.3, 0.4) is 0 Å². The number of piperazine rings is 1. The van der Waals surface area contributed by atoms with Gasteiger partial charge in [0.1, 0.15) is 5.52 Å². The number of aromatic nitrogens is 5. The molecular formula is C22H21N7O6S. The van der Waals surface area contributed by atoms with Crippen molar-refractivity contribution in [1.29, 1.82) is 0 Å². The summed E-state index contributed by atoms with van der Waals surface area (Å²) in [6, 6.07) is 7.87. The maximum Gasteiger partial charge on any atom is 0.276 e. The summed E-state index contributed by atoms with van der Waals surface area (Å²) in [6.07, 6.45) is 3.07. The maximum absolute atomic E-state index is 13.2. The highest BCUT2D eigenvalue weighted by atomic mass is 32.2. The SMILES string of the molecule is Cc1c(C(=O)N2CCN(S(=O)(=O)c3ccc4c(c3)OCO4)CC2)cnn1-c1nn2cccc2c(=O)[nH]1. The summed E-state index contributed by atoms with van der Waals surface area (Å²) in [6.45, 7) is 2.50. The average Bonchev–Trinajstić information content (AvgIpc) is 3.63. The Kier molecular flexibility index (Phi) is 5.08. The molecule has 186 valence electrons. The topological polar surface area (TPSA) is 144 Å². The van der Waals surface area contributed by atoms with Crippen LogP contribution >= 0.6 is 0 Å². The van der Waals surface area contributed by atoms with Gasteiger partial charge in [-0.25, -0.2) is 17.6 Å². The number of fused-ring (bicyclic) bond motifs is 2. The van der Waals surface area contributed by atoms with Gasteiger partial charge in [-0.05, 0) is 31.2 Å². The van der Waals surface area contributed by atoms with Gasteiger partial charge in [0.2, 0.25) is 22.8 Å². The second-order valence-corrected chi connectivity index (χ2v) is 10.3. The second-order valence-electron chi connectivity index (χ2n) is 8.38. The van der Waals surface area contributed by atoms with Crippen molar-refractivity contribution in [3.05, 3.63) is 64.3 Å². The van der Waals surface area contributed by atoms with Crippen molar-refractivity contribution in [2.24, 2.45) is 0 Å². The van der Waals surface area contributed by atoms with Crippen LogP contribution < -0.4 is 15.0 Å². The maximum atomic E-state index is 13.2. The third-order valence-corrected chi connectivity index (χ3v) is 8.23. The molecule has 0 atom stereocenters. The fraction of sp³-hybridized carbons (Fsp3) is 0.273. The van der Waals surface area contributed by atoms with Gasteiger partial charge in [-0.15, -0.1) is 5.10 Å².